The van der Waals surface area contributed by atoms with Gasteiger partial charge in [-0.15, -0.1) is 0 Å². The van der Waals surface area contributed by atoms with E-state index in [1.165, 1.54) is 10.6 Å². The van der Waals surface area contributed by atoms with Crippen LogP contribution >= 0.6 is 0 Å². The van der Waals surface area contributed by atoms with Gasteiger partial charge >= 0.3 is 0 Å². The van der Waals surface area contributed by atoms with Gasteiger partial charge < -0.3 is 9.88 Å². The Bertz CT molecular complexity index is 945. The number of hydrogen-bond acceptors (Lipinski definition) is 4. The molecule has 0 unspecified atom stereocenters. The first-order chi connectivity index (χ1) is 13.2. The third-order valence-electron chi connectivity index (χ3n) is 5.02. The Morgan fingerprint density at radius 1 is 1.21 bits per heavy atom. The summed E-state index contributed by atoms with van der Waals surface area (Å²) in [5.74, 6) is -0.519. The van der Waals surface area contributed by atoms with Gasteiger partial charge in [0.1, 0.15) is 0 Å². The van der Waals surface area contributed by atoms with Gasteiger partial charge in [-0.2, -0.15) is 4.31 Å². The molecule has 1 saturated heterocycles. The summed E-state index contributed by atoms with van der Waals surface area (Å²) >= 11 is 0. The van der Waals surface area contributed by atoms with Crippen LogP contribution in [0.25, 0.3) is 0 Å². The molecule has 1 aromatic carbocycles. The Morgan fingerprint density at radius 3 is 2.50 bits per heavy atom. The van der Waals surface area contributed by atoms with E-state index in [0.717, 1.165) is 16.8 Å². The highest BCUT2D eigenvalue weighted by Gasteiger charge is 2.34. The Kier molecular flexibility index (Phi) is 5.90. The van der Waals surface area contributed by atoms with E-state index in [4.69, 9.17) is 0 Å². The lowest BCUT2D eigenvalue weighted by Gasteiger charge is -2.30. The molecule has 0 aliphatic carbocycles. The van der Waals surface area contributed by atoms with Gasteiger partial charge in [0.2, 0.25) is 5.91 Å². The number of carbonyl (C=O) groups excluding carboxylic acids is 1. The van der Waals surface area contributed by atoms with Gasteiger partial charge in [0.25, 0.3) is 10.0 Å². The first kappa shape index (κ1) is 20.5. The predicted octanol–water partition coefficient (Wildman–Crippen LogP) is 3.12. The highest BCUT2D eigenvalue weighted by molar-refractivity contribution is 7.89. The number of benzene rings is 1. The van der Waals surface area contributed by atoms with Crippen molar-refractivity contribution in [1.29, 1.82) is 0 Å². The number of anilines is 1. The van der Waals surface area contributed by atoms with E-state index in [0.29, 0.717) is 19.4 Å². The maximum absolute atomic E-state index is 13.0. The number of sulfonamides is 1. The van der Waals surface area contributed by atoms with Crippen molar-refractivity contribution >= 4 is 21.6 Å². The zero-order chi connectivity index (χ0) is 20.5. The van der Waals surface area contributed by atoms with Crippen LogP contribution in [0, 0.1) is 19.8 Å². The summed E-state index contributed by atoms with van der Waals surface area (Å²) in [4.78, 5) is 16.8. The molecule has 7 nitrogen and oxygen atoms in total. The van der Waals surface area contributed by atoms with Gasteiger partial charge in [-0.05, 0) is 63.8 Å². The zero-order valence-corrected chi connectivity index (χ0v) is 17.7. The summed E-state index contributed by atoms with van der Waals surface area (Å²) in [5, 5.41) is 2.98. The van der Waals surface area contributed by atoms with E-state index in [9.17, 15) is 13.2 Å². The minimum absolute atomic E-state index is 0.0385. The van der Waals surface area contributed by atoms with E-state index < -0.39 is 10.0 Å². The lowest BCUT2D eigenvalue weighted by atomic mass is 9.98. The number of rotatable bonds is 5. The summed E-state index contributed by atoms with van der Waals surface area (Å²) in [5.41, 5.74) is 2.89. The molecule has 0 bridgehead atoms. The predicted molar refractivity (Wildman–Crippen MR) is 109 cm³/mol. The lowest BCUT2D eigenvalue weighted by Crippen LogP contribution is -2.43. The Balaban J connectivity index is 1.72. The molecule has 1 fully saturated rings. The number of nitrogens with one attached hydrogen (secondary N) is 1. The van der Waals surface area contributed by atoms with Crippen LogP contribution in [0.3, 0.4) is 0 Å². The van der Waals surface area contributed by atoms with Crippen molar-refractivity contribution < 1.29 is 13.2 Å². The molecule has 1 N–H and O–H groups in total. The molecule has 1 atom stereocenters. The SMILES string of the molecule is Cc1cc(C)cc(NC(=O)[C@H]2CCCN(S(=O)(=O)c3cn(C(C)C)cn3)C2)c1. The van der Waals surface area contributed by atoms with Gasteiger partial charge in [-0.3, -0.25) is 4.79 Å². The molecule has 2 heterocycles. The van der Waals surface area contributed by atoms with Crippen LogP contribution in [-0.2, 0) is 14.8 Å². The Morgan fingerprint density at radius 2 is 1.89 bits per heavy atom. The molecule has 8 heteroatoms. The molecular formula is C20H28N4O3S. The average Bonchev–Trinajstić information content (AvgIpc) is 3.12. The average molecular weight is 405 g/mol. The van der Waals surface area contributed by atoms with Crippen molar-refractivity contribution in [2.75, 3.05) is 18.4 Å². The van der Waals surface area contributed by atoms with Crippen LogP contribution < -0.4 is 5.32 Å². The minimum atomic E-state index is -3.71. The molecule has 1 aliphatic heterocycles. The van der Waals surface area contributed by atoms with E-state index in [2.05, 4.69) is 10.3 Å². The van der Waals surface area contributed by atoms with Crippen LogP contribution in [0.4, 0.5) is 5.69 Å². The fourth-order valence-electron chi connectivity index (χ4n) is 3.53. The molecule has 0 spiro atoms. The lowest BCUT2D eigenvalue weighted by molar-refractivity contribution is -0.120. The van der Waals surface area contributed by atoms with E-state index in [1.807, 2.05) is 45.9 Å². The highest BCUT2D eigenvalue weighted by Crippen LogP contribution is 2.25. The second-order valence-electron chi connectivity index (χ2n) is 7.82. The molecule has 1 aliphatic rings. The fraction of sp³-hybridized carbons (Fsp3) is 0.500. The van der Waals surface area contributed by atoms with Crippen LogP contribution in [0.1, 0.15) is 43.9 Å². The number of piperidine rings is 1. The van der Waals surface area contributed by atoms with Gasteiger partial charge in [0.05, 0.1) is 12.2 Å². The normalized spacial score (nSPS) is 18.4. The van der Waals surface area contributed by atoms with E-state index in [1.54, 1.807) is 10.8 Å². The third kappa shape index (κ3) is 4.44. The molecule has 28 heavy (non-hydrogen) atoms. The number of imidazole rings is 1. The van der Waals surface area contributed by atoms with E-state index in [-0.39, 0.29) is 29.4 Å². The maximum atomic E-state index is 13.0. The quantitative estimate of drug-likeness (QED) is 0.830. The summed E-state index contributed by atoms with van der Waals surface area (Å²) < 4.78 is 29.1. The second kappa shape index (κ2) is 8.05. The number of aryl methyl sites for hydroxylation is 2. The smallest absolute Gasteiger partial charge is 0.262 e. The first-order valence-electron chi connectivity index (χ1n) is 9.59. The molecule has 2 aromatic rings. The third-order valence-corrected chi connectivity index (χ3v) is 6.77. The first-order valence-corrected chi connectivity index (χ1v) is 11.0. The molecule has 0 saturated carbocycles. The number of aromatic nitrogens is 2. The molecule has 3 rings (SSSR count). The fourth-order valence-corrected chi connectivity index (χ4v) is 4.98. The molecular weight excluding hydrogens is 376 g/mol. The van der Waals surface area contributed by atoms with Crippen molar-refractivity contribution in [2.45, 2.75) is 51.6 Å². The Hall–Kier alpha value is -2.19. The molecule has 152 valence electrons. The second-order valence-corrected chi connectivity index (χ2v) is 9.71. The summed E-state index contributed by atoms with van der Waals surface area (Å²) in [7, 11) is -3.71. The van der Waals surface area contributed by atoms with E-state index >= 15 is 0 Å². The number of amides is 1. The topological polar surface area (TPSA) is 84.3 Å². The van der Waals surface area contributed by atoms with Crippen LogP contribution in [-0.4, -0.2) is 41.3 Å². The van der Waals surface area contributed by atoms with Gasteiger partial charge in [-0.1, -0.05) is 6.07 Å². The number of carbonyl (C=O) groups is 1. The minimum Gasteiger partial charge on any atom is -0.334 e. The van der Waals surface area contributed by atoms with Gasteiger partial charge in [0.15, 0.2) is 5.03 Å². The summed E-state index contributed by atoms with van der Waals surface area (Å²) in [6.45, 7) is 8.47. The molecule has 1 amide bonds. The standard InChI is InChI=1S/C20H28N4O3S/c1-14(2)23-12-19(21-13-23)28(26,27)24-7-5-6-17(11-24)20(25)22-18-9-15(3)8-16(4)10-18/h8-10,12-14,17H,5-7,11H2,1-4H3,(H,22,25)/t17-/m0/s1. The summed E-state index contributed by atoms with van der Waals surface area (Å²) in [6.07, 6.45) is 4.41. The molecule has 0 radical (unpaired) electrons. The largest absolute Gasteiger partial charge is 0.334 e. The van der Waals surface area contributed by atoms with Gasteiger partial charge in [-0.25, -0.2) is 13.4 Å². The van der Waals surface area contributed by atoms with Crippen molar-refractivity contribution in [3.05, 3.63) is 41.9 Å². The van der Waals surface area contributed by atoms with Crippen LogP contribution in [0.2, 0.25) is 0 Å². The van der Waals surface area contributed by atoms with Crippen LogP contribution in [0.15, 0.2) is 35.7 Å². The monoisotopic (exact) mass is 404 g/mol. The maximum Gasteiger partial charge on any atom is 0.262 e. The number of hydrogen-bond donors (Lipinski definition) is 1. The molecule has 1 aromatic heterocycles. The van der Waals surface area contributed by atoms with Gasteiger partial charge in [0, 0.05) is 31.0 Å². The van der Waals surface area contributed by atoms with Crippen molar-refractivity contribution in [2.24, 2.45) is 5.92 Å². The highest BCUT2D eigenvalue weighted by atomic mass is 32.2. The van der Waals surface area contributed by atoms with Crippen LogP contribution in [0.5, 0.6) is 0 Å². The van der Waals surface area contributed by atoms with Crippen molar-refractivity contribution in [3.8, 4) is 0 Å². The summed E-state index contributed by atoms with van der Waals surface area (Å²) in [6, 6.07) is 6.01. The van der Waals surface area contributed by atoms with Crippen molar-refractivity contribution in [1.82, 2.24) is 13.9 Å². The Labute approximate surface area is 166 Å². The number of nitrogens with zero attached hydrogens (tertiary/aromatic N) is 3. The zero-order valence-electron chi connectivity index (χ0n) is 16.8. The van der Waals surface area contributed by atoms with Crippen molar-refractivity contribution in [3.63, 3.8) is 0 Å².